The zero-order valence-corrected chi connectivity index (χ0v) is 14.3. The summed E-state index contributed by atoms with van der Waals surface area (Å²) in [5, 5.41) is 3.33. The Labute approximate surface area is 129 Å². The van der Waals surface area contributed by atoms with Gasteiger partial charge in [0.05, 0.1) is 6.61 Å². The zero-order chi connectivity index (χ0) is 15.7. The van der Waals surface area contributed by atoms with E-state index in [0.717, 1.165) is 37.6 Å². The Morgan fingerprint density at radius 1 is 1.05 bits per heavy atom. The molecule has 0 unspecified atom stereocenters. The van der Waals surface area contributed by atoms with Crippen molar-refractivity contribution in [2.75, 3.05) is 18.5 Å². The van der Waals surface area contributed by atoms with Crippen molar-refractivity contribution in [3.05, 3.63) is 11.9 Å². The lowest BCUT2D eigenvalue weighted by Crippen LogP contribution is -2.18. The molecule has 0 aromatic carbocycles. The first kappa shape index (κ1) is 17.7. The van der Waals surface area contributed by atoms with E-state index < -0.39 is 0 Å². The quantitative estimate of drug-likeness (QED) is 0.678. The van der Waals surface area contributed by atoms with Gasteiger partial charge < -0.3 is 10.1 Å². The van der Waals surface area contributed by atoms with E-state index in [2.05, 4.69) is 49.9 Å². The fourth-order valence-corrected chi connectivity index (χ4v) is 1.88. The smallest absolute Gasteiger partial charge is 0.218 e. The number of nitrogens with one attached hydrogen (secondary N) is 1. The third-order valence-corrected chi connectivity index (χ3v) is 3.18. The van der Waals surface area contributed by atoms with Gasteiger partial charge in [0.1, 0.15) is 11.6 Å². The summed E-state index contributed by atoms with van der Waals surface area (Å²) in [5.74, 6) is 2.37. The predicted octanol–water partition coefficient (Wildman–Crippen LogP) is 4.56. The second kappa shape index (κ2) is 8.85. The number of nitrogens with zero attached hydrogens (tertiary/aromatic N) is 2. The fourth-order valence-electron chi connectivity index (χ4n) is 1.88. The molecule has 0 aliphatic heterocycles. The minimum atomic E-state index is -0.0791. The summed E-state index contributed by atoms with van der Waals surface area (Å²) in [6.45, 7) is 12.4. The molecule has 1 aromatic heterocycles. The van der Waals surface area contributed by atoms with Crippen LogP contribution in [0.5, 0.6) is 5.88 Å². The summed E-state index contributed by atoms with van der Waals surface area (Å²) in [4.78, 5) is 9.15. The van der Waals surface area contributed by atoms with Crippen molar-refractivity contribution in [3.8, 4) is 5.88 Å². The number of unbranched alkanes of at least 4 members (excludes halogenated alkanes) is 3. The average molecular weight is 293 g/mol. The highest BCUT2D eigenvalue weighted by atomic mass is 16.5. The zero-order valence-electron chi connectivity index (χ0n) is 14.3. The monoisotopic (exact) mass is 293 g/mol. The van der Waals surface area contributed by atoms with E-state index in [1.807, 2.05) is 6.07 Å². The molecule has 120 valence electrons. The van der Waals surface area contributed by atoms with Crippen molar-refractivity contribution in [2.45, 2.75) is 72.1 Å². The molecule has 0 aliphatic carbocycles. The van der Waals surface area contributed by atoms with Gasteiger partial charge in [0.25, 0.3) is 0 Å². The van der Waals surface area contributed by atoms with E-state index in [4.69, 9.17) is 4.74 Å². The Bertz CT molecular complexity index is 413. The molecular weight excluding hydrogens is 262 g/mol. The lowest BCUT2D eigenvalue weighted by atomic mass is 9.96. The van der Waals surface area contributed by atoms with Crippen LogP contribution in [-0.4, -0.2) is 23.1 Å². The van der Waals surface area contributed by atoms with E-state index in [9.17, 15) is 0 Å². The van der Waals surface area contributed by atoms with Crippen LogP contribution in [0.25, 0.3) is 0 Å². The molecule has 0 aliphatic rings. The normalized spacial score (nSPS) is 11.5. The molecule has 21 heavy (non-hydrogen) atoms. The van der Waals surface area contributed by atoms with Crippen LogP contribution in [0.3, 0.4) is 0 Å². The summed E-state index contributed by atoms with van der Waals surface area (Å²) < 4.78 is 5.82. The molecule has 4 nitrogen and oxygen atoms in total. The van der Waals surface area contributed by atoms with Crippen LogP contribution in [0.15, 0.2) is 6.07 Å². The molecule has 0 radical (unpaired) electrons. The molecule has 0 saturated heterocycles. The largest absolute Gasteiger partial charge is 0.478 e. The Morgan fingerprint density at radius 2 is 1.81 bits per heavy atom. The van der Waals surface area contributed by atoms with Crippen LogP contribution in [0.1, 0.15) is 72.5 Å². The Balaban J connectivity index is 2.72. The molecule has 0 bridgehead atoms. The number of anilines is 1. The first-order chi connectivity index (χ1) is 9.97. The molecule has 0 atom stereocenters. The molecule has 0 amide bonds. The van der Waals surface area contributed by atoms with Gasteiger partial charge in [-0.3, -0.25) is 0 Å². The third kappa shape index (κ3) is 6.78. The fraction of sp³-hybridized carbons (Fsp3) is 0.765. The summed E-state index contributed by atoms with van der Waals surface area (Å²) in [6, 6.07) is 1.91. The van der Waals surface area contributed by atoms with Gasteiger partial charge in [0.2, 0.25) is 5.88 Å². The van der Waals surface area contributed by atoms with E-state index >= 15 is 0 Å². The Hall–Kier alpha value is -1.32. The highest BCUT2D eigenvalue weighted by Gasteiger charge is 2.19. The number of rotatable bonds is 9. The molecule has 0 saturated carbocycles. The van der Waals surface area contributed by atoms with Gasteiger partial charge in [-0.05, 0) is 12.8 Å². The van der Waals surface area contributed by atoms with E-state index in [0.29, 0.717) is 5.88 Å². The van der Waals surface area contributed by atoms with E-state index in [-0.39, 0.29) is 5.41 Å². The number of hydrogen-bond acceptors (Lipinski definition) is 4. The predicted molar refractivity (Wildman–Crippen MR) is 89.1 cm³/mol. The van der Waals surface area contributed by atoms with E-state index in [1.54, 1.807) is 0 Å². The number of ether oxygens (including phenoxy) is 1. The lowest BCUT2D eigenvalue weighted by Gasteiger charge is -2.19. The maximum absolute atomic E-state index is 5.82. The van der Waals surface area contributed by atoms with Crippen molar-refractivity contribution in [1.82, 2.24) is 9.97 Å². The average Bonchev–Trinajstić information content (AvgIpc) is 2.44. The van der Waals surface area contributed by atoms with Gasteiger partial charge in [-0.2, -0.15) is 4.98 Å². The maximum Gasteiger partial charge on any atom is 0.218 e. The van der Waals surface area contributed by atoms with Gasteiger partial charge >= 0.3 is 0 Å². The Morgan fingerprint density at radius 3 is 2.43 bits per heavy atom. The summed E-state index contributed by atoms with van der Waals surface area (Å²) in [7, 11) is 0. The standard InChI is InChI=1S/C17H31N3O/c1-6-8-9-10-12-21-15-13-14(18-11-7-2)19-16(20-15)17(3,4)5/h13H,6-12H2,1-5H3,(H,18,19,20). The van der Waals surface area contributed by atoms with Gasteiger partial charge in [-0.15, -0.1) is 0 Å². The molecule has 1 aromatic rings. The molecule has 1 rings (SSSR count). The van der Waals surface area contributed by atoms with Crippen molar-refractivity contribution in [2.24, 2.45) is 0 Å². The third-order valence-electron chi connectivity index (χ3n) is 3.18. The van der Waals surface area contributed by atoms with Crippen LogP contribution < -0.4 is 10.1 Å². The van der Waals surface area contributed by atoms with Crippen LogP contribution in [0, 0.1) is 0 Å². The number of aromatic nitrogens is 2. The first-order valence-electron chi connectivity index (χ1n) is 8.23. The maximum atomic E-state index is 5.82. The molecule has 4 heteroatoms. The van der Waals surface area contributed by atoms with Crippen LogP contribution in [0.2, 0.25) is 0 Å². The topological polar surface area (TPSA) is 47.0 Å². The van der Waals surface area contributed by atoms with Crippen molar-refractivity contribution >= 4 is 5.82 Å². The molecule has 1 heterocycles. The summed E-state index contributed by atoms with van der Waals surface area (Å²) in [5.41, 5.74) is -0.0791. The van der Waals surface area contributed by atoms with Crippen LogP contribution >= 0.6 is 0 Å². The van der Waals surface area contributed by atoms with Gasteiger partial charge in [0.15, 0.2) is 0 Å². The van der Waals surface area contributed by atoms with Gasteiger partial charge in [-0.25, -0.2) is 4.98 Å². The van der Waals surface area contributed by atoms with Crippen molar-refractivity contribution in [1.29, 1.82) is 0 Å². The first-order valence-corrected chi connectivity index (χ1v) is 8.23. The van der Waals surface area contributed by atoms with Gasteiger partial charge in [0, 0.05) is 18.0 Å². The molecule has 1 N–H and O–H groups in total. The van der Waals surface area contributed by atoms with Crippen molar-refractivity contribution < 1.29 is 4.74 Å². The summed E-state index contributed by atoms with van der Waals surface area (Å²) in [6.07, 6.45) is 5.88. The number of hydrogen-bond donors (Lipinski definition) is 1. The van der Waals surface area contributed by atoms with Crippen LogP contribution in [0.4, 0.5) is 5.82 Å². The van der Waals surface area contributed by atoms with Crippen LogP contribution in [-0.2, 0) is 5.41 Å². The lowest BCUT2D eigenvalue weighted by molar-refractivity contribution is 0.290. The highest BCUT2D eigenvalue weighted by Crippen LogP contribution is 2.23. The minimum absolute atomic E-state index is 0.0791. The van der Waals surface area contributed by atoms with E-state index in [1.165, 1.54) is 19.3 Å². The Kier molecular flexibility index (Phi) is 7.48. The molecule has 0 fully saturated rings. The summed E-state index contributed by atoms with van der Waals surface area (Å²) >= 11 is 0. The second-order valence-electron chi connectivity index (χ2n) is 6.50. The molecular formula is C17H31N3O. The SMILES string of the molecule is CCCCCCOc1cc(NCCC)nc(C(C)(C)C)n1. The highest BCUT2D eigenvalue weighted by molar-refractivity contribution is 5.39. The second-order valence-corrected chi connectivity index (χ2v) is 6.50. The van der Waals surface area contributed by atoms with Crippen molar-refractivity contribution in [3.63, 3.8) is 0 Å². The minimum Gasteiger partial charge on any atom is -0.478 e. The molecule has 0 spiro atoms. The van der Waals surface area contributed by atoms with Gasteiger partial charge in [-0.1, -0.05) is 53.9 Å².